The molecule has 1 rings (SSSR count). The smallest absolute Gasteiger partial charge is 0.436 e. The summed E-state index contributed by atoms with van der Waals surface area (Å²) in [6.45, 7) is -0.342. The normalized spacial score (nSPS) is 20.1. The Bertz CT molecular complexity index is 303. The molecule has 1 heterocycles. The van der Waals surface area contributed by atoms with Crippen LogP contribution in [0.1, 0.15) is 6.42 Å². The van der Waals surface area contributed by atoms with Crippen molar-refractivity contribution in [2.45, 2.75) is 12.5 Å². The van der Waals surface area contributed by atoms with Crippen LogP contribution in [0.15, 0.2) is 0 Å². The van der Waals surface area contributed by atoms with Gasteiger partial charge in [0.05, 0.1) is 26.7 Å². The van der Waals surface area contributed by atoms with Gasteiger partial charge in [-0.15, -0.1) is 0 Å². The molecule has 1 saturated heterocycles. The first-order valence-corrected chi connectivity index (χ1v) is 4.45. The van der Waals surface area contributed by atoms with Crippen molar-refractivity contribution in [2.24, 2.45) is 0 Å². The van der Waals surface area contributed by atoms with E-state index in [1.807, 2.05) is 0 Å². The Labute approximate surface area is 90.6 Å². The van der Waals surface area contributed by atoms with Crippen LogP contribution in [-0.4, -0.2) is 54.6 Å². The molecule has 0 aromatic rings. The maximum Gasteiger partial charge on any atom is 0.533 e. The van der Waals surface area contributed by atoms with Crippen molar-refractivity contribution in [3.05, 3.63) is 0 Å². The predicted molar refractivity (Wildman–Crippen MR) is 46.8 cm³/mol. The van der Waals surface area contributed by atoms with E-state index in [-0.39, 0.29) is 19.6 Å². The van der Waals surface area contributed by atoms with E-state index in [4.69, 9.17) is 9.84 Å². The third-order valence-corrected chi connectivity index (χ3v) is 1.80. The van der Waals surface area contributed by atoms with Gasteiger partial charge in [0.2, 0.25) is 0 Å². The van der Waals surface area contributed by atoms with Crippen LogP contribution in [0.4, 0.5) is 4.79 Å². The van der Waals surface area contributed by atoms with E-state index in [1.54, 1.807) is 0 Å². The fourth-order valence-electron chi connectivity index (χ4n) is 1.12. The predicted octanol–water partition coefficient (Wildman–Crippen LogP) is -1.18. The number of nitrogens with zero attached hydrogens (tertiary/aromatic N) is 1. The number of hydrogen-bond donors (Lipinski definition) is 1. The van der Waals surface area contributed by atoms with Crippen LogP contribution in [0.3, 0.4) is 0 Å². The average Bonchev–Trinajstić information content (AvgIpc) is 2.53. The lowest BCUT2D eigenvalue weighted by Crippen LogP contribution is -2.35. The van der Waals surface area contributed by atoms with Crippen molar-refractivity contribution in [1.82, 2.24) is 5.06 Å². The van der Waals surface area contributed by atoms with Gasteiger partial charge in [-0.3, -0.25) is 14.4 Å². The van der Waals surface area contributed by atoms with Gasteiger partial charge >= 0.3 is 6.16 Å². The summed E-state index contributed by atoms with van der Waals surface area (Å²) in [5.74, 6) is -1.48. The van der Waals surface area contributed by atoms with E-state index < -0.39 is 24.1 Å². The van der Waals surface area contributed by atoms with Gasteiger partial charge < -0.3 is 14.6 Å². The maximum absolute atomic E-state index is 11.4. The zero-order valence-electron chi connectivity index (χ0n) is 8.54. The molecule has 0 saturated carbocycles. The summed E-state index contributed by atoms with van der Waals surface area (Å²) in [7, 11) is 1.05. The molecular formula is C8H11NO7. The molecule has 0 aromatic heterocycles. The second-order valence-electron chi connectivity index (χ2n) is 2.86. The fourth-order valence-corrected chi connectivity index (χ4v) is 1.12. The Morgan fingerprint density at radius 2 is 2.25 bits per heavy atom. The minimum absolute atomic E-state index is 0.0737. The SMILES string of the molecule is COC(=O)ON1C(=O)CC(OCCO)C1=O. The summed E-state index contributed by atoms with van der Waals surface area (Å²) in [5, 5.41) is 8.79. The van der Waals surface area contributed by atoms with Gasteiger partial charge in [-0.2, -0.15) is 0 Å². The molecule has 2 amide bonds. The van der Waals surface area contributed by atoms with Crippen LogP contribution in [0.2, 0.25) is 0 Å². The first kappa shape index (κ1) is 12.4. The molecule has 1 N–H and O–H groups in total. The number of rotatable bonds is 4. The van der Waals surface area contributed by atoms with Crippen LogP contribution in [0.5, 0.6) is 0 Å². The molecule has 1 unspecified atom stereocenters. The van der Waals surface area contributed by atoms with Gasteiger partial charge in [0, 0.05) is 0 Å². The molecule has 0 spiro atoms. The Morgan fingerprint density at radius 3 is 2.81 bits per heavy atom. The summed E-state index contributed by atoms with van der Waals surface area (Å²) in [6, 6.07) is 0. The lowest BCUT2D eigenvalue weighted by molar-refractivity contribution is -0.179. The van der Waals surface area contributed by atoms with Crippen molar-refractivity contribution >= 4 is 18.0 Å². The minimum Gasteiger partial charge on any atom is -0.436 e. The highest BCUT2D eigenvalue weighted by Crippen LogP contribution is 2.16. The van der Waals surface area contributed by atoms with E-state index in [1.165, 1.54) is 0 Å². The number of aliphatic hydroxyl groups is 1. The molecular weight excluding hydrogens is 222 g/mol. The summed E-state index contributed by atoms with van der Waals surface area (Å²) >= 11 is 0. The average molecular weight is 233 g/mol. The van der Waals surface area contributed by atoms with Gasteiger partial charge in [0.15, 0.2) is 0 Å². The molecule has 1 aliphatic heterocycles. The molecule has 16 heavy (non-hydrogen) atoms. The highest BCUT2D eigenvalue weighted by atomic mass is 16.8. The monoisotopic (exact) mass is 233 g/mol. The number of ether oxygens (including phenoxy) is 2. The van der Waals surface area contributed by atoms with Crippen LogP contribution >= 0.6 is 0 Å². The topological polar surface area (TPSA) is 102 Å². The van der Waals surface area contributed by atoms with Crippen LogP contribution in [-0.2, 0) is 23.9 Å². The van der Waals surface area contributed by atoms with E-state index in [2.05, 4.69) is 9.57 Å². The molecule has 8 heteroatoms. The lowest BCUT2D eigenvalue weighted by Gasteiger charge is -2.12. The number of methoxy groups -OCH3 is 1. The van der Waals surface area contributed by atoms with Crippen molar-refractivity contribution in [3.8, 4) is 0 Å². The van der Waals surface area contributed by atoms with Crippen molar-refractivity contribution in [3.63, 3.8) is 0 Å². The van der Waals surface area contributed by atoms with Crippen molar-refractivity contribution in [2.75, 3.05) is 20.3 Å². The van der Waals surface area contributed by atoms with Gasteiger partial charge in [-0.25, -0.2) is 4.79 Å². The van der Waals surface area contributed by atoms with Gasteiger partial charge in [-0.1, -0.05) is 5.06 Å². The molecule has 1 fully saturated rings. The quantitative estimate of drug-likeness (QED) is 0.481. The summed E-state index contributed by atoms with van der Waals surface area (Å²) in [5.41, 5.74) is 0. The van der Waals surface area contributed by atoms with Crippen LogP contribution in [0.25, 0.3) is 0 Å². The number of amides is 2. The number of imide groups is 1. The molecule has 8 nitrogen and oxygen atoms in total. The first-order valence-electron chi connectivity index (χ1n) is 4.45. The van der Waals surface area contributed by atoms with E-state index in [0.29, 0.717) is 5.06 Å². The third-order valence-electron chi connectivity index (χ3n) is 1.80. The van der Waals surface area contributed by atoms with Crippen molar-refractivity contribution in [1.29, 1.82) is 0 Å². The third kappa shape index (κ3) is 2.67. The van der Waals surface area contributed by atoms with E-state index >= 15 is 0 Å². The standard InChI is InChI=1S/C8H11NO7/c1-14-8(13)16-9-6(11)4-5(7(9)12)15-3-2-10/h5,10H,2-4H2,1H3. The Hall–Kier alpha value is -1.67. The van der Waals surface area contributed by atoms with Gasteiger partial charge in [0.1, 0.15) is 6.10 Å². The van der Waals surface area contributed by atoms with E-state index in [0.717, 1.165) is 7.11 Å². The summed E-state index contributed by atoms with van der Waals surface area (Å²) in [4.78, 5) is 37.7. The summed E-state index contributed by atoms with van der Waals surface area (Å²) in [6.07, 6.45) is -2.41. The highest BCUT2D eigenvalue weighted by molar-refractivity contribution is 6.04. The Kier molecular flexibility index (Phi) is 4.20. The zero-order chi connectivity index (χ0) is 12.1. The maximum atomic E-state index is 11.4. The molecule has 1 aliphatic rings. The Morgan fingerprint density at radius 1 is 1.56 bits per heavy atom. The minimum atomic E-state index is -1.16. The second-order valence-corrected chi connectivity index (χ2v) is 2.86. The van der Waals surface area contributed by atoms with Gasteiger partial charge in [0.25, 0.3) is 11.8 Å². The Balaban J connectivity index is 2.57. The largest absolute Gasteiger partial charge is 0.533 e. The molecule has 1 atom stereocenters. The molecule has 0 bridgehead atoms. The number of hydroxylamine groups is 2. The van der Waals surface area contributed by atoms with E-state index in [9.17, 15) is 14.4 Å². The number of hydrogen-bond acceptors (Lipinski definition) is 7. The number of carbonyl (C=O) groups excluding carboxylic acids is 3. The molecule has 0 aromatic carbocycles. The molecule has 90 valence electrons. The number of aliphatic hydroxyl groups excluding tert-OH is 1. The van der Waals surface area contributed by atoms with Crippen LogP contribution in [0, 0.1) is 0 Å². The zero-order valence-corrected chi connectivity index (χ0v) is 8.54. The van der Waals surface area contributed by atoms with Gasteiger partial charge in [-0.05, 0) is 0 Å². The highest BCUT2D eigenvalue weighted by Gasteiger charge is 2.42. The second kappa shape index (κ2) is 5.42. The van der Waals surface area contributed by atoms with Crippen molar-refractivity contribution < 1.29 is 33.8 Å². The molecule has 0 radical (unpaired) electrons. The van der Waals surface area contributed by atoms with Crippen LogP contribution < -0.4 is 0 Å². The lowest BCUT2D eigenvalue weighted by atomic mass is 10.3. The summed E-state index contributed by atoms with van der Waals surface area (Å²) < 4.78 is 9.02. The molecule has 0 aliphatic carbocycles. The first-order chi connectivity index (χ1) is 7.60. The number of carbonyl (C=O) groups is 3. The fraction of sp³-hybridized carbons (Fsp3) is 0.625.